The molecule has 0 aliphatic carbocycles. The lowest BCUT2D eigenvalue weighted by atomic mass is 9.82. The molecule has 0 amide bonds. The van der Waals surface area contributed by atoms with Crippen molar-refractivity contribution in [1.82, 2.24) is 4.90 Å². The third kappa shape index (κ3) is 3.52. The molecule has 1 unspecified atom stereocenters. The minimum atomic E-state index is -3.66. The molecule has 5 nitrogen and oxygen atoms in total. The highest BCUT2D eigenvalue weighted by Crippen LogP contribution is 2.40. The maximum absolute atomic E-state index is 12.0. The molecule has 1 heterocycles. The number of carboxylic acid groups (broad SMARTS) is 1. The number of hydrogen-bond donors (Lipinski definition) is 1. The van der Waals surface area contributed by atoms with E-state index in [1.54, 1.807) is 0 Å². The summed E-state index contributed by atoms with van der Waals surface area (Å²) in [6.45, 7) is 2.34. The van der Waals surface area contributed by atoms with Crippen LogP contribution in [0.25, 0.3) is 0 Å². The maximum atomic E-state index is 12.0. The average molecular weight is 373 g/mol. The van der Waals surface area contributed by atoms with Crippen molar-refractivity contribution in [3.05, 3.63) is 71.8 Å². The summed E-state index contributed by atoms with van der Waals surface area (Å²) in [6, 6.07) is 19.8. The minimum absolute atomic E-state index is 0.0299. The topological polar surface area (TPSA) is 74.7 Å². The van der Waals surface area contributed by atoms with E-state index >= 15 is 0 Å². The molecule has 3 atom stereocenters. The largest absolute Gasteiger partial charge is 0.480 e. The van der Waals surface area contributed by atoms with Crippen LogP contribution in [0, 0.1) is 5.92 Å². The summed E-state index contributed by atoms with van der Waals surface area (Å²) in [4.78, 5) is 13.7. The maximum Gasteiger partial charge on any atom is 0.322 e. The zero-order valence-corrected chi connectivity index (χ0v) is 15.6. The van der Waals surface area contributed by atoms with E-state index in [2.05, 4.69) is 4.90 Å². The molecular formula is C20H23NO4S. The second-order valence-electron chi connectivity index (χ2n) is 6.91. The van der Waals surface area contributed by atoms with Gasteiger partial charge in [-0.25, -0.2) is 8.42 Å². The van der Waals surface area contributed by atoms with Crippen molar-refractivity contribution in [2.24, 2.45) is 5.92 Å². The van der Waals surface area contributed by atoms with Gasteiger partial charge in [0.15, 0.2) is 15.1 Å². The van der Waals surface area contributed by atoms with E-state index in [9.17, 15) is 18.3 Å². The van der Waals surface area contributed by atoms with Crippen molar-refractivity contribution < 1.29 is 18.3 Å². The molecular weight excluding hydrogens is 350 g/mol. The molecule has 2 aromatic carbocycles. The van der Waals surface area contributed by atoms with Gasteiger partial charge in [0.1, 0.15) is 0 Å². The van der Waals surface area contributed by atoms with E-state index in [1.807, 2.05) is 67.6 Å². The summed E-state index contributed by atoms with van der Waals surface area (Å²) >= 11 is 0. The third-order valence-corrected chi connectivity index (χ3v) is 6.69. The van der Waals surface area contributed by atoms with Gasteiger partial charge in [-0.15, -0.1) is 0 Å². The molecule has 138 valence electrons. The number of aliphatic carboxylic acids is 1. The van der Waals surface area contributed by atoms with Crippen molar-refractivity contribution in [3.8, 4) is 0 Å². The first kappa shape index (κ1) is 18.6. The van der Waals surface area contributed by atoms with Crippen LogP contribution in [0.1, 0.15) is 24.1 Å². The SMILES string of the molecule is C[C@@H]1[C@@H](C(C(=O)O)S(C)(=O)=O)CN1C(c1ccccc1)c1ccccc1. The number of sulfone groups is 1. The number of carbonyl (C=O) groups is 1. The zero-order chi connectivity index (χ0) is 18.9. The summed E-state index contributed by atoms with van der Waals surface area (Å²) in [7, 11) is -3.66. The van der Waals surface area contributed by atoms with Crippen molar-refractivity contribution in [2.45, 2.75) is 24.3 Å². The Morgan fingerprint density at radius 3 is 1.85 bits per heavy atom. The first-order valence-electron chi connectivity index (χ1n) is 8.58. The second kappa shape index (κ2) is 7.21. The third-order valence-electron chi connectivity index (χ3n) is 5.22. The highest BCUT2D eigenvalue weighted by Gasteiger charge is 2.50. The molecule has 1 saturated heterocycles. The van der Waals surface area contributed by atoms with Crippen LogP contribution in [0.5, 0.6) is 0 Å². The minimum Gasteiger partial charge on any atom is -0.480 e. The van der Waals surface area contributed by atoms with Crippen LogP contribution in [0.4, 0.5) is 0 Å². The number of carboxylic acids is 1. The lowest BCUT2D eigenvalue weighted by Crippen LogP contribution is -2.62. The van der Waals surface area contributed by atoms with E-state index in [0.717, 1.165) is 17.4 Å². The number of rotatable bonds is 6. The Kier molecular flexibility index (Phi) is 5.16. The highest BCUT2D eigenvalue weighted by atomic mass is 32.2. The fourth-order valence-corrected chi connectivity index (χ4v) is 5.20. The van der Waals surface area contributed by atoms with Gasteiger partial charge in [-0.1, -0.05) is 60.7 Å². The molecule has 0 saturated carbocycles. The predicted molar refractivity (Wildman–Crippen MR) is 101 cm³/mol. The van der Waals surface area contributed by atoms with Crippen molar-refractivity contribution in [3.63, 3.8) is 0 Å². The molecule has 6 heteroatoms. The number of benzene rings is 2. The Labute approximate surface area is 154 Å². The molecule has 1 fully saturated rings. The van der Waals surface area contributed by atoms with E-state index in [1.165, 1.54) is 0 Å². The summed E-state index contributed by atoms with van der Waals surface area (Å²) in [5.41, 5.74) is 2.21. The van der Waals surface area contributed by atoms with Gasteiger partial charge in [-0.3, -0.25) is 9.69 Å². The summed E-state index contributed by atoms with van der Waals surface area (Å²) in [5, 5.41) is 8.06. The molecule has 1 N–H and O–H groups in total. The fourth-order valence-electron chi connectivity index (χ4n) is 3.89. The van der Waals surface area contributed by atoms with Crippen molar-refractivity contribution >= 4 is 15.8 Å². The van der Waals surface area contributed by atoms with Gasteiger partial charge in [0.2, 0.25) is 0 Å². The van der Waals surface area contributed by atoms with E-state index in [4.69, 9.17) is 0 Å². The quantitative estimate of drug-likeness (QED) is 0.842. The second-order valence-corrected chi connectivity index (χ2v) is 9.08. The lowest BCUT2D eigenvalue weighted by Gasteiger charge is -2.52. The number of hydrogen-bond acceptors (Lipinski definition) is 4. The van der Waals surface area contributed by atoms with Crippen LogP contribution in [0.3, 0.4) is 0 Å². The number of nitrogens with zero attached hydrogens (tertiary/aromatic N) is 1. The van der Waals surface area contributed by atoms with Crippen LogP contribution in [0.2, 0.25) is 0 Å². The Hall–Kier alpha value is -2.18. The Bertz CT molecular complexity index is 828. The monoisotopic (exact) mass is 373 g/mol. The predicted octanol–water partition coefficient (Wildman–Crippen LogP) is 2.59. The van der Waals surface area contributed by atoms with Gasteiger partial charge in [-0.05, 0) is 18.1 Å². The molecule has 0 radical (unpaired) electrons. The Morgan fingerprint density at radius 1 is 1.04 bits per heavy atom. The zero-order valence-electron chi connectivity index (χ0n) is 14.8. The van der Waals surface area contributed by atoms with Gasteiger partial charge in [0.05, 0.1) is 6.04 Å². The van der Waals surface area contributed by atoms with Crippen molar-refractivity contribution in [1.29, 1.82) is 0 Å². The first-order valence-corrected chi connectivity index (χ1v) is 10.5. The molecule has 1 aliphatic rings. The Morgan fingerprint density at radius 2 is 1.50 bits per heavy atom. The van der Waals surface area contributed by atoms with Crippen molar-refractivity contribution in [2.75, 3.05) is 12.8 Å². The van der Waals surface area contributed by atoms with E-state index < -0.39 is 27.0 Å². The smallest absolute Gasteiger partial charge is 0.322 e. The molecule has 26 heavy (non-hydrogen) atoms. The fraction of sp³-hybridized carbons (Fsp3) is 0.350. The van der Waals surface area contributed by atoms with Gasteiger partial charge in [0.25, 0.3) is 0 Å². The van der Waals surface area contributed by atoms with Crippen LogP contribution in [0.15, 0.2) is 60.7 Å². The first-order chi connectivity index (χ1) is 12.3. The summed E-state index contributed by atoms with van der Waals surface area (Å²) < 4.78 is 23.9. The van der Waals surface area contributed by atoms with Crippen LogP contribution >= 0.6 is 0 Å². The Balaban J connectivity index is 1.92. The molecule has 0 aromatic heterocycles. The van der Waals surface area contributed by atoms with E-state index in [-0.39, 0.29) is 12.1 Å². The molecule has 2 aromatic rings. The van der Waals surface area contributed by atoms with Gasteiger partial charge in [0, 0.05) is 24.8 Å². The lowest BCUT2D eigenvalue weighted by molar-refractivity contribution is -0.140. The van der Waals surface area contributed by atoms with Crippen LogP contribution in [-0.2, 0) is 14.6 Å². The summed E-state index contributed by atoms with van der Waals surface area (Å²) in [6.07, 6.45) is 1.01. The van der Waals surface area contributed by atoms with E-state index in [0.29, 0.717) is 6.54 Å². The van der Waals surface area contributed by atoms with Crippen LogP contribution in [-0.4, -0.2) is 48.5 Å². The molecule has 1 aliphatic heterocycles. The summed E-state index contributed by atoms with van der Waals surface area (Å²) in [5.74, 6) is -1.68. The standard InChI is InChI=1S/C20H23NO4S/c1-14-17(19(20(22)23)26(2,24)25)13-21(14)18(15-9-5-3-6-10-15)16-11-7-4-8-12-16/h3-12,14,17-19H,13H2,1-2H3,(H,22,23)/t14-,17+,19?/m1/s1. The molecule has 3 rings (SSSR count). The van der Waals surface area contributed by atoms with Crippen LogP contribution < -0.4 is 0 Å². The van der Waals surface area contributed by atoms with Gasteiger partial charge in [-0.2, -0.15) is 0 Å². The molecule has 0 spiro atoms. The normalized spacial score (nSPS) is 22.0. The van der Waals surface area contributed by atoms with Gasteiger partial charge >= 0.3 is 5.97 Å². The highest BCUT2D eigenvalue weighted by molar-refractivity contribution is 7.92. The average Bonchev–Trinajstić information content (AvgIpc) is 2.60. The number of likely N-dealkylation sites (tertiary alicyclic amines) is 1. The molecule has 0 bridgehead atoms. The van der Waals surface area contributed by atoms with Gasteiger partial charge < -0.3 is 5.11 Å².